The van der Waals surface area contributed by atoms with Crippen LogP contribution in [-0.4, -0.2) is 75.3 Å². The van der Waals surface area contributed by atoms with Gasteiger partial charge in [0, 0.05) is 6.54 Å². The Morgan fingerprint density at radius 2 is 1.21 bits per heavy atom. The number of hydrogen-bond acceptors (Lipinski definition) is 8. The highest BCUT2D eigenvalue weighted by Crippen LogP contribution is 1.71. The van der Waals surface area contributed by atoms with Crippen molar-refractivity contribution < 1.29 is 35.5 Å². The molecule has 0 saturated heterocycles. The van der Waals surface area contributed by atoms with E-state index in [0.717, 1.165) is 0 Å². The molecular formula is C5H18BNO7. The van der Waals surface area contributed by atoms with Crippen LogP contribution in [0.2, 0.25) is 0 Å². The molecule has 0 aliphatic rings. The SMILES string of the molecule is NCCO.OB(O)O.OCC(O)CO. The van der Waals surface area contributed by atoms with E-state index < -0.39 is 13.4 Å². The minimum atomic E-state index is -2.17. The summed E-state index contributed by atoms with van der Waals surface area (Å²) in [6.45, 7) is -0.257. The van der Waals surface area contributed by atoms with Gasteiger partial charge in [-0.05, 0) is 0 Å². The fourth-order valence-corrected chi connectivity index (χ4v) is 0.0577. The second-order valence-electron chi connectivity index (χ2n) is 1.88. The van der Waals surface area contributed by atoms with Crippen molar-refractivity contribution in [1.29, 1.82) is 0 Å². The zero-order chi connectivity index (χ0) is 12.0. The van der Waals surface area contributed by atoms with Crippen molar-refractivity contribution in [3.05, 3.63) is 0 Å². The van der Waals surface area contributed by atoms with Gasteiger partial charge in [0.15, 0.2) is 0 Å². The van der Waals surface area contributed by atoms with Gasteiger partial charge in [-0.25, -0.2) is 0 Å². The van der Waals surface area contributed by atoms with Crippen LogP contribution in [0.5, 0.6) is 0 Å². The molecule has 9 N–H and O–H groups in total. The number of hydrogen-bond donors (Lipinski definition) is 8. The Morgan fingerprint density at radius 1 is 1.00 bits per heavy atom. The van der Waals surface area contributed by atoms with Gasteiger partial charge < -0.3 is 41.2 Å². The Morgan fingerprint density at radius 3 is 1.21 bits per heavy atom. The normalized spacial score (nSPS) is 8.36. The maximum absolute atomic E-state index is 8.17. The lowest BCUT2D eigenvalue weighted by molar-refractivity contribution is 0.0450. The molecule has 0 aliphatic heterocycles. The van der Waals surface area contributed by atoms with Crippen molar-refractivity contribution in [1.82, 2.24) is 0 Å². The van der Waals surface area contributed by atoms with Gasteiger partial charge in [-0.1, -0.05) is 0 Å². The van der Waals surface area contributed by atoms with Crippen LogP contribution in [0.15, 0.2) is 0 Å². The number of aliphatic hydroxyl groups excluding tert-OH is 4. The molecule has 0 aromatic heterocycles. The van der Waals surface area contributed by atoms with Crippen molar-refractivity contribution in [2.75, 3.05) is 26.4 Å². The summed E-state index contributed by atoms with van der Waals surface area (Å²) in [5.41, 5.74) is 4.78. The molecule has 0 spiro atoms. The molecule has 0 unspecified atom stereocenters. The van der Waals surface area contributed by atoms with Crippen molar-refractivity contribution in [3.63, 3.8) is 0 Å². The molecule has 0 heterocycles. The molecule has 14 heavy (non-hydrogen) atoms. The highest BCUT2D eigenvalue weighted by atomic mass is 16.5. The van der Waals surface area contributed by atoms with E-state index in [1.165, 1.54) is 0 Å². The third kappa shape index (κ3) is 60.2. The standard InChI is InChI=1S/C3H8O3.C2H7NO.BH3O3/c4-1-3(6)2-5;3-1-2-4;2-1(3)4/h3-6H,1-2H2;4H,1-3H2;2-4H. The van der Waals surface area contributed by atoms with Gasteiger partial charge in [-0.2, -0.15) is 0 Å². The molecule has 0 saturated carbocycles. The summed E-state index contributed by atoms with van der Waals surface area (Å²) >= 11 is 0. The molecule has 0 fully saturated rings. The van der Waals surface area contributed by atoms with E-state index in [2.05, 4.69) is 0 Å². The lowest BCUT2D eigenvalue weighted by atomic mass is 10.3. The molecule has 0 aromatic carbocycles. The Hall–Kier alpha value is -0.255. The van der Waals surface area contributed by atoms with Gasteiger partial charge in [-0.3, -0.25) is 0 Å². The van der Waals surface area contributed by atoms with Gasteiger partial charge in [0.1, 0.15) is 6.10 Å². The van der Waals surface area contributed by atoms with Crippen LogP contribution < -0.4 is 5.73 Å². The predicted octanol–water partition coefficient (Wildman–Crippen LogP) is -4.78. The molecule has 0 rings (SSSR count). The lowest BCUT2D eigenvalue weighted by Crippen LogP contribution is -2.15. The maximum Gasteiger partial charge on any atom is 0.631 e. The van der Waals surface area contributed by atoms with E-state index in [9.17, 15) is 0 Å². The Labute approximate surface area is 82.0 Å². The summed E-state index contributed by atoms with van der Waals surface area (Å²) < 4.78 is 0. The van der Waals surface area contributed by atoms with E-state index in [1.54, 1.807) is 0 Å². The van der Waals surface area contributed by atoms with Crippen LogP contribution in [0.4, 0.5) is 0 Å². The van der Waals surface area contributed by atoms with Crippen LogP contribution in [0.1, 0.15) is 0 Å². The maximum atomic E-state index is 8.17. The molecule has 0 atom stereocenters. The first-order valence-corrected chi connectivity index (χ1v) is 3.71. The second-order valence-corrected chi connectivity index (χ2v) is 1.88. The average Bonchev–Trinajstić information content (AvgIpc) is 2.16. The number of aliphatic hydroxyl groups is 4. The fraction of sp³-hybridized carbons (Fsp3) is 1.00. The van der Waals surface area contributed by atoms with E-state index >= 15 is 0 Å². The fourth-order valence-electron chi connectivity index (χ4n) is 0.0577. The van der Waals surface area contributed by atoms with E-state index in [4.69, 9.17) is 41.2 Å². The third-order valence-electron chi connectivity index (χ3n) is 0.551. The van der Waals surface area contributed by atoms with Gasteiger partial charge >= 0.3 is 7.32 Å². The monoisotopic (exact) mass is 215 g/mol. The molecule has 0 radical (unpaired) electrons. The predicted molar refractivity (Wildman–Crippen MR) is 48.7 cm³/mol. The minimum absolute atomic E-state index is 0.0972. The molecule has 0 amide bonds. The first-order chi connectivity index (χ1) is 6.45. The van der Waals surface area contributed by atoms with E-state index in [-0.39, 0.29) is 19.8 Å². The van der Waals surface area contributed by atoms with Gasteiger partial charge in [0.25, 0.3) is 0 Å². The molecule has 88 valence electrons. The van der Waals surface area contributed by atoms with E-state index in [1.807, 2.05) is 0 Å². The Balaban J connectivity index is -0.000000135. The largest absolute Gasteiger partial charge is 0.631 e. The minimum Gasteiger partial charge on any atom is -0.402 e. The number of nitrogens with two attached hydrogens (primary N) is 1. The quantitative estimate of drug-likeness (QED) is 0.217. The molecule has 0 aliphatic carbocycles. The highest BCUT2D eigenvalue weighted by molar-refractivity contribution is 6.30. The highest BCUT2D eigenvalue weighted by Gasteiger charge is 1.93. The van der Waals surface area contributed by atoms with E-state index in [0.29, 0.717) is 6.54 Å². The van der Waals surface area contributed by atoms with Crippen molar-refractivity contribution in [3.8, 4) is 0 Å². The summed E-state index contributed by atoms with van der Waals surface area (Å²) in [5, 5.41) is 53.3. The summed E-state index contributed by atoms with van der Waals surface area (Å²) in [5.74, 6) is 0. The van der Waals surface area contributed by atoms with Crippen molar-refractivity contribution in [2.45, 2.75) is 6.10 Å². The van der Waals surface area contributed by atoms with Gasteiger partial charge in [-0.15, -0.1) is 0 Å². The van der Waals surface area contributed by atoms with Crippen LogP contribution in [0.3, 0.4) is 0 Å². The van der Waals surface area contributed by atoms with Crippen LogP contribution >= 0.6 is 0 Å². The topological polar surface area (TPSA) is 168 Å². The zero-order valence-electron chi connectivity index (χ0n) is 7.69. The second kappa shape index (κ2) is 18.5. The van der Waals surface area contributed by atoms with Crippen molar-refractivity contribution >= 4 is 7.32 Å². The van der Waals surface area contributed by atoms with Crippen molar-refractivity contribution in [2.24, 2.45) is 5.73 Å². The molecule has 0 bridgehead atoms. The molecule has 0 aromatic rings. The average molecular weight is 215 g/mol. The Kier molecular flexibility index (Phi) is 25.6. The van der Waals surface area contributed by atoms with Gasteiger partial charge in [0.2, 0.25) is 0 Å². The smallest absolute Gasteiger partial charge is 0.402 e. The summed E-state index contributed by atoms with van der Waals surface area (Å²) in [6, 6.07) is 0. The molecule has 9 heteroatoms. The van der Waals surface area contributed by atoms with Crippen LogP contribution in [-0.2, 0) is 0 Å². The third-order valence-corrected chi connectivity index (χ3v) is 0.551. The number of rotatable bonds is 3. The summed E-state index contributed by atoms with van der Waals surface area (Å²) in [6.07, 6.45) is -0.954. The first-order valence-electron chi connectivity index (χ1n) is 3.71. The zero-order valence-corrected chi connectivity index (χ0v) is 7.69. The van der Waals surface area contributed by atoms with Crippen LogP contribution in [0, 0.1) is 0 Å². The van der Waals surface area contributed by atoms with Crippen LogP contribution in [0.25, 0.3) is 0 Å². The molecular weight excluding hydrogens is 197 g/mol. The summed E-state index contributed by atoms with van der Waals surface area (Å²) in [4.78, 5) is 0. The Bertz CT molecular complexity index is 77.7. The lowest BCUT2D eigenvalue weighted by Gasteiger charge is -1.96. The van der Waals surface area contributed by atoms with Gasteiger partial charge in [0.05, 0.1) is 19.8 Å². The summed E-state index contributed by atoms with van der Waals surface area (Å²) in [7, 11) is -2.17. The first kappa shape index (κ1) is 19.3. The molecule has 8 nitrogen and oxygen atoms in total.